The number of carboxylic acid groups (broad SMARTS) is 2. The van der Waals surface area contributed by atoms with Crippen molar-refractivity contribution in [2.45, 2.75) is 90.6 Å². The van der Waals surface area contributed by atoms with Crippen LogP contribution in [0.25, 0.3) is 0 Å². The molecular weight excluding hydrogens is 436 g/mol. The molecule has 0 bridgehead atoms. The van der Waals surface area contributed by atoms with E-state index in [1.807, 2.05) is 13.8 Å². The van der Waals surface area contributed by atoms with E-state index < -0.39 is 66.4 Å². The minimum atomic E-state index is -1.43. The number of amides is 3. The second-order valence-corrected chi connectivity index (χ2v) is 8.98. The lowest BCUT2D eigenvalue weighted by Crippen LogP contribution is -2.58. The number of aliphatic carboxylic acids is 2. The van der Waals surface area contributed by atoms with Crippen molar-refractivity contribution in [3.63, 3.8) is 0 Å². The fourth-order valence-electron chi connectivity index (χ4n) is 2.96. The monoisotopic (exact) mass is 474 g/mol. The van der Waals surface area contributed by atoms with E-state index in [0.29, 0.717) is 0 Å². The van der Waals surface area contributed by atoms with E-state index >= 15 is 0 Å². The molecule has 0 saturated carbocycles. The molecule has 5 atom stereocenters. The van der Waals surface area contributed by atoms with Gasteiger partial charge in [0.2, 0.25) is 17.7 Å². The first-order chi connectivity index (χ1) is 15.1. The molecule has 0 radical (unpaired) electrons. The van der Waals surface area contributed by atoms with E-state index in [9.17, 15) is 34.2 Å². The van der Waals surface area contributed by atoms with E-state index in [0.717, 1.165) is 0 Å². The van der Waals surface area contributed by atoms with Crippen molar-refractivity contribution in [2.24, 2.45) is 17.6 Å². The smallest absolute Gasteiger partial charge is 0.326 e. The number of rotatable bonds is 15. The van der Waals surface area contributed by atoms with Gasteiger partial charge in [-0.3, -0.25) is 19.2 Å². The topological polar surface area (TPSA) is 208 Å². The van der Waals surface area contributed by atoms with Crippen LogP contribution in [0, 0.1) is 11.8 Å². The van der Waals surface area contributed by atoms with Gasteiger partial charge in [-0.2, -0.15) is 0 Å². The molecule has 0 fully saturated rings. The Kier molecular flexibility index (Phi) is 13.2. The molecule has 0 aliphatic carbocycles. The predicted octanol–water partition coefficient (Wildman–Crippen LogP) is -0.809. The van der Waals surface area contributed by atoms with Gasteiger partial charge in [-0.05, 0) is 38.0 Å². The number of carbonyl (C=O) groups is 5. The normalized spacial score (nSPS) is 15.8. The molecule has 0 aliphatic rings. The van der Waals surface area contributed by atoms with Gasteiger partial charge < -0.3 is 37.0 Å². The zero-order chi connectivity index (χ0) is 25.9. The summed E-state index contributed by atoms with van der Waals surface area (Å²) in [6.45, 7) is 8.62. The fourth-order valence-corrected chi connectivity index (χ4v) is 2.96. The molecular formula is C21H38N4O8. The Bertz CT molecular complexity index is 696. The molecule has 0 aliphatic heterocycles. The van der Waals surface area contributed by atoms with E-state index in [-0.39, 0.29) is 31.1 Å². The van der Waals surface area contributed by atoms with Crippen LogP contribution in [-0.2, 0) is 24.0 Å². The summed E-state index contributed by atoms with van der Waals surface area (Å²) in [5.74, 6) is -4.81. The van der Waals surface area contributed by atoms with Crippen LogP contribution in [0.15, 0.2) is 0 Å². The van der Waals surface area contributed by atoms with Crippen molar-refractivity contribution in [3.8, 4) is 0 Å². The lowest BCUT2D eigenvalue weighted by atomic mass is 9.99. The number of carbonyl (C=O) groups excluding carboxylic acids is 3. The zero-order valence-corrected chi connectivity index (χ0v) is 19.8. The maximum atomic E-state index is 12.9. The van der Waals surface area contributed by atoms with E-state index in [4.69, 9.17) is 10.8 Å². The summed E-state index contributed by atoms with van der Waals surface area (Å²) in [6.07, 6.45) is -1.49. The van der Waals surface area contributed by atoms with Crippen LogP contribution in [0.4, 0.5) is 0 Å². The third-order valence-electron chi connectivity index (χ3n) is 4.76. The highest BCUT2D eigenvalue weighted by atomic mass is 16.4. The summed E-state index contributed by atoms with van der Waals surface area (Å²) < 4.78 is 0. The molecule has 5 unspecified atom stereocenters. The average molecular weight is 475 g/mol. The summed E-state index contributed by atoms with van der Waals surface area (Å²) in [5.41, 5.74) is 5.63. The Morgan fingerprint density at radius 1 is 0.727 bits per heavy atom. The molecule has 190 valence electrons. The highest BCUT2D eigenvalue weighted by Gasteiger charge is 2.31. The van der Waals surface area contributed by atoms with Crippen molar-refractivity contribution in [1.82, 2.24) is 16.0 Å². The van der Waals surface area contributed by atoms with Gasteiger partial charge >= 0.3 is 11.9 Å². The molecule has 33 heavy (non-hydrogen) atoms. The standard InChI is InChI=1S/C21H38N4O8/c1-10(2)8-14(18(29)23-13(21(32)33)6-7-16(27)28)24-19(30)15(9-11(3)4)25-20(31)17(22)12(5)26/h10-15,17,26H,6-9,22H2,1-5H3,(H,23,29)(H,24,30)(H,25,31)(H,27,28)(H,32,33). The number of aliphatic hydroxyl groups is 1. The van der Waals surface area contributed by atoms with Crippen molar-refractivity contribution in [3.05, 3.63) is 0 Å². The van der Waals surface area contributed by atoms with Gasteiger partial charge in [0.25, 0.3) is 0 Å². The van der Waals surface area contributed by atoms with Crippen LogP contribution in [0.3, 0.4) is 0 Å². The molecule has 0 heterocycles. The van der Waals surface area contributed by atoms with Crippen LogP contribution < -0.4 is 21.7 Å². The van der Waals surface area contributed by atoms with Crippen molar-refractivity contribution < 1.29 is 39.3 Å². The summed E-state index contributed by atoms with van der Waals surface area (Å²) in [6, 6.07) is -4.82. The van der Waals surface area contributed by atoms with Gasteiger partial charge in [-0.15, -0.1) is 0 Å². The van der Waals surface area contributed by atoms with Gasteiger partial charge in [0.15, 0.2) is 0 Å². The number of hydrogen-bond acceptors (Lipinski definition) is 7. The first-order valence-electron chi connectivity index (χ1n) is 10.9. The minimum Gasteiger partial charge on any atom is -0.481 e. The minimum absolute atomic E-state index is 0.00592. The summed E-state index contributed by atoms with van der Waals surface area (Å²) >= 11 is 0. The molecule has 0 aromatic rings. The second-order valence-electron chi connectivity index (χ2n) is 8.98. The van der Waals surface area contributed by atoms with Gasteiger partial charge in [-0.25, -0.2) is 4.79 Å². The van der Waals surface area contributed by atoms with Crippen LogP contribution >= 0.6 is 0 Å². The highest BCUT2D eigenvalue weighted by molar-refractivity contribution is 5.94. The van der Waals surface area contributed by atoms with Crippen LogP contribution in [0.1, 0.15) is 60.3 Å². The molecule has 12 heteroatoms. The first kappa shape index (κ1) is 30.3. The Labute approximate surface area is 193 Å². The SMILES string of the molecule is CC(C)CC(NC(=O)C(CC(C)C)NC(=O)C(N)C(C)O)C(=O)NC(CCC(=O)O)C(=O)O. The Morgan fingerprint density at radius 3 is 1.45 bits per heavy atom. The van der Waals surface area contributed by atoms with Crippen molar-refractivity contribution in [1.29, 1.82) is 0 Å². The van der Waals surface area contributed by atoms with Crippen molar-refractivity contribution >= 4 is 29.7 Å². The fraction of sp³-hybridized carbons (Fsp3) is 0.762. The lowest BCUT2D eigenvalue weighted by Gasteiger charge is -2.27. The molecule has 0 aromatic heterocycles. The van der Waals surface area contributed by atoms with Gasteiger partial charge in [0.1, 0.15) is 24.2 Å². The maximum Gasteiger partial charge on any atom is 0.326 e. The third-order valence-corrected chi connectivity index (χ3v) is 4.76. The molecule has 0 saturated heterocycles. The quantitative estimate of drug-likeness (QED) is 0.158. The largest absolute Gasteiger partial charge is 0.481 e. The lowest BCUT2D eigenvalue weighted by molar-refractivity contribution is -0.143. The molecule has 0 rings (SSSR count). The van der Waals surface area contributed by atoms with Crippen LogP contribution in [-0.4, -0.2) is 75.3 Å². The summed E-state index contributed by atoms with van der Waals surface area (Å²) in [7, 11) is 0. The van der Waals surface area contributed by atoms with Crippen molar-refractivity contribution in [2.75, 3.05) is 0 Å². The van der Waals surface area contributed by atoms with E-state index in [1.165, 1.54) is 6.92 Å². The summed E-state index contributed by atoms with van der Waals surface area (Å²) in [4.78, 5) is 60.1. The zero-order valence-electron chi connectivity index (χ0n) is 19.8. The Hall–Kier alpha value is -2.73. The number of carboxylic acids is 2. The molecule has 12 nitrogen and oxygen atoms in total. The number of aliphatic hydroxyl groups excluding tert-OH is 1. The third kappa shape index (κ3) is 12.2. The maximum absolute atomic E-state index is 12.9. The predicted molar refractivity (Wildman–Crippen MR) is 119 cm³/mol. The molecule has 0 spiro atoms. The molecule has 8 N–H and O–H groups in total. The molecule has 3 amide bonds. The van der Waals surface area contributed by atoms with E-state index in [2.05, 4.69) is 16.0 Å². The first-order valence-corrected chi connectivity index (χ1v) is 10.9. The van der Waals surface area contributed by atoms with E-state index in [1.54, 1.807) is 13.8 Å². The van der Waals surface area contributed by atoms with Gasteiger partial charge in [0, 0.05) is 6.42 Å². The second kappa shape index (κ2) is 14.4. The number of hydrogen-bond donors (Lipinski definition) is 7. The number of nitrogens with one attached hydrogen (secondary N) is 3. The Balaban J connectivity index is 5.52. The summed E-state index contributed by atoms with van der Waals surface area (Å²) in [5, 5.41) is 34.9. The average Bonchev–Trinajstić information content (AvgIpc) is 2.67. The van der Waals surface area contributed by atoms with Crippen LogP contribution in [0.5, 0.6) is 0 Å². The highest BCUT2D eigenvalue weighted by Crippen LogP contribution is 2.10. The van der Waals surface area contributed by atoms with Crippen LogP contribution in [0.2, 0.25) is 0 Å². The Morgan fingerprint density at radius 2 is 1.12 bits per heavy atom. The molecule has 0 aromatic carbocycles. The number of nitrogens with two attached hydrogens (primary N) is 1. The van der Waals surface area contributed by atoms with Gasteiger partial charge in [0.05, 0.1) is 6.10 Å². The van der Waals surface area contributed by atoms with Gasteiger partial charge in [-0.1, -0.05) is 27.7 Å².